The summed E-state index contributed by atoms with van der Waals surface area (Å²) in [4.78, 5) is 27.1. The topological polar surface area (TPSA) is 78.7 Å². The Morgan fingerprint density at radius 3 is 2.30 bits per heavy atom. The van der Waals surface area contributed by atoms with Crippen LogP contribution in [0.4, 0.5) is 16.2 Å². The van der Waals surface area contributed by atoms with E-state index in [9.17, 15) is 9.59 Å². The maximum Gasteiger partial charge on any atom is 0.328 e. The van der Waals surface area contributed by atoms with Crippen molar-refractivity contribution < 1.29 is 9.59 Å². The van der Waals surface area contributed by atoms with Crippen LogP contribution in [-0.2, 0) is 4.79 Å². The molecule has 0 aliphatic carbocycles. The number of carbonyl (C=O) groups is 2. The molecule has 6 nitrogen and oxygen atoms in total. The number of piperidine rings is 1. The van der Waals surface area contributed by atoms with E-state index >= 15 is 0 Å². The number of nitrogens with one attached hydrogen (secondary N) is 1. The fourth-order valence-corrected chi connectivity index (χ4v) is 3.37. The molecule has 23 heavy (non-hydrogen) atoms. The number of anilines is 2. The first-order valence-electron chi connectivity index (χ1n) is 8.34. The Bertz CT molecular complexity index is 564. The Labute approximate surface area is 136 Å². The Balaban J connectivity index is 1.61. The second kappa shape index (κ2) is 7.00. The number of hydrogen-bond donors (Lipinski definition) is 2. The zero-order valence-corrected chi connectivity index (χ0v) is 13.3. The highest BCUT2D eigenvalue weighted by molar-refractivity contribution is 6.05. The van der Waals surface area contributed by atoms with Crippen molar-refractivity contribution in [1.82, 2.24) is 5.32 Å². The molecular weight excluding hydrogens is 292 g/mol. The third kappa shape index (κ3) is 3.64. The second-order valence-electron chi connectivity index (χ2n) is 6.28. The third-order valence-corrected chi connectivity index (χ3v) is 4.77. The van der Waals surface area contributed by atoms with Crippen LogP contribution in [0.2, 0.25) is 0 Å². The summed E-state index contributed by atoms with van der Waals surface area (Å²) < 4.78 is 0. The molecule has 3 N–H and O–H groups in total. The van der Waals surface area contributed by atoms with Crippen LogP contribution in [0.5, 0.6) is 0 Å². The van der Waals surface area contributed by atoms with Crippen LogP contribution in [0, 0.1) is 5.92 Å². The van der Waals surface area contributed by atoms with Crippen molar-refractivity contribution in [1.29, 1.82) is 0 Å². The third-order valence-electron chi connectivity index (χ3n) is 4.77. The van der Waals surface area contributed by atoms with Gasteiger partial charge in [-0.15, -0.1) is 0 Å². The average Bonchev–Trinajstić information content (AvgIpc) is 2.56. The predicted octanol–water partition coefficient (Wildman–Crippen LogP) is 1.70. The fraction of sp³-hybridized carbons (Fsp3) is 0.529. The molecule has 3 amide bonds. The molecule has 1 aromatic rings. The lowest BCUT2D eigenvalue weighted by atomic mass is 9.93. The molecule has 0 spiro atoms. The fourth-order valence-electron chi connectivity index (χ4n) is 3.37. The van der Waals surface area contributed by atoms with E-state index in [1.807, 2.05) is 12.1 Å². The van der Waals surface area contributed by atoms with Gasteiger partial charge in [0.25, 0.3) is 0 Å². The maximum absolute atomic E-state index is 11.9. The summed E-state index contributed by atoms with van der Waals surface area (Å²) in [5, 5.41) is 2.35. The van der Waals surface area contributed by atoms with E-state index in [2.05, 4.69) is 22.3 Å². The van der Waals surface area contributed by atoms with Gasteiger partial charge < -0.3 is 10.6 Å². The van der Waals surface area contributed by atoms with Crippen LogP contribution in [0.3, 0.4) is 0 Å². The van der Waals surface area contributed by atoms with Crippen molar-refractivity contribution in [3.63, 3.8) is 0 Å². The summed E-state index contributed by atoms with van der Waals surface area (Å²) in [5.74, 6) is 0.549. The number of nitrogens with two attached hydrogens (primary N) is 1. The quantitative estimate of drug-likeness (QED) is 0.886. The van der Waals surface area contributed by atoms with Crippen molar-refractivity contribution in [2.24, 2.45) is 11.7 Å². The van der Waals surface area contributed by atoms with E-state index in [1.165, 1.54) is 18.5 Å². The summed E-state index contributed by atoms with van der Waals surface area (Å²) in [6.45, 7) is 3.33. The first-order chi connectivity index (χ1) is 11.2. The molecule has 124 valence electrons. The standard InChI is InChI=1S/C17H24N4O2/c18-9-5-13-6-10-20(11-7-13)14-1-3-15(4-2-14)21-12-8-16(22)19-17(21)23/h1-4,13H,5-12,18H2,(H,19,22,23). The molecule has 2 aliphatic rings. The maximum atomic E-state index is 11.9. The number of hydrogen-bond acceptors (Lipinski definition) is 4. The molecule has 0 atom stereocenters. The Kier molecular flexibility index (Phi) is 4.81. The van der Waals surface area contributed by atoms with Gasteiger partial charge in [0, 0.05) is 37.4 Å². The lowest BCUT2D eigenvalue weighted by molar-refractivity contribution is -0.120. The predicted molar refractivity (Wildman–Crippen MR) is 90.6 cm³/mol. The molecule has 1 aromatic carbocycles. The van der Waals surface area contributed by atoms with Gasteiger partial charge in [0.1, 0.15) is 0 Å². The molecule has 6 heteroatoms. The van der Waals surface area contributed by atoms with Gasteiger partial charge in [0.05, 0.1) is 0 Å². The number of carbonyl (C=O) groups excluding carboxylic acids is 2. The minimum Gasteiger partial charge on any atom is -0.372 e. The van der Waals surface area contributed by atoms with E-state index < -0.39 is 0 Å². The Hall–Kier alpha value is -2.08. The van der Waals surface area contributed by atoms with Gasteiger partial charge in [-0.25, -0.2) is 4.79 Å². The number of rotatable bonds is 4. The highest BCUT2D eigenvalue weighted by Gasteiger charge is 2.24. The Morgan fingerprint density at radius 2 is 1.70 bits per heavy atom. The summed E-state index contributed by atoms with van der Waals surface area (Å²) >= 11 is 0. The molecule has 2 saturated heterocycles. The monoisotopic (exact) mass is 316 g/mol. The minimum atomic E-state index is -0.336. The van der Waals surface area contributed by atoms with Crippen molar-refractivity contribution in [3.05, 3.63) is 24.3 Å². The summed E-state index contributed by atoms with van der Waals surface area (Å²) in [5.41, 5.74) is 7.66. The molecular formula is C17H24N4O2. The lowest BCUT2D eigenvalue weighted by Crippen LogP contribution is -2.49. The second-order valence-corrected chi connectivity index (χ2v) is 6.28. The number of benzene rings is 1. The van der Waals surface area contributed by atoms with Crippen LogP contribution in [0.1, 0.15) is 25.7 Å². The highest BCUT2D eigenvalue weighted by Crippen LogP contribution is 2.27. The molecule has 0 bridgehead atoms. The molecule has 3 rings (SSSR count). The van der Waals surface area contributed by atoms with E-state index in [0.29, 0.717) is 13.0 Å². The van der Waals surface area contributed by atoms with E-state index in [4.69, 9.17) is 5.73 Å². The lowest BCUT2D eigenvalue weighted by Gasteiger charge is -2.34. The van der Waals surface area contributed by atoms with Crippen LogP contribution in [-0.4, -0.2) is 38.1 Å². The van der Waals surface area contributed by atoms with Crippen molar-refractivity contribution in [2.45, 2.75) is 25.7 Å². The first-order valence-corrected chi connectivity index (χ1v) is 8.34. The highest BCUT2D eigenvalue weighted by atomic mass is 16.2. The van der Waals surface area contributed by atoms with Crippen LogP contribution >= 0.6 is 0 Å². The minimum absolute atomic E-state index is 0.205. The zero-order chi connectivity index (χ0) is 16.2. The summed E-state index contributed by atoms with van der Waals surface area (Å²) in [7, 11) is 0. The number of nitrogens with zero attached hydrogens (tertiary/aromatic N) is 2. The van der Waals surface area contributed by atoms with E-state index in [-0.39, 0.29) is 11.9 Å². The van der Waals surface area contributed by atoms with Gasteiger partial charge in [-0.05, 0) is 56.0 Å². The number of urea groups is 1. The normalized spacial score (nSPS) is 19.9. The Morgan fingerprint density at radius 1 is 1.04 bits per heavy atom. The average molecular weight is 316 g/mol. The van der Waals surface area contributed by atoms with E-state index in [0.717, 1.165) is 37.7 Å². The van der Waals surface area contributed by atoms with Crippen LogP contribution in [0.25, 0.3) is 0 Å². The van der Waals surface area contributed by atoms with Gasteiger partial charge in [0.15, 0.2) is 0 Å². The molecule has 0 saturated carbocycles. The van der Waals surface area contributed by atoms with Gasteiger partial charge in [0.2, 0.25) is 5.91 Å². The van der Waals surface area contributed by atoms with Crippen LogP contribution in [0.15, 0.2) is 24.3 Å². The SMILES string of the molecule is NCCC1CCN(c2ccc(N3CCC(=O)NC3=O)cc2)CC1. The molecule has 2 aliphatic heterocycles. The zero-order valence-electron chi connectivity index (χ0n) is 13.3. The van der Waals surface area contributed by atoms with E-state index in [1.54, 1.807) is 4.90 Å². The number of amides is 3. The van der Waals surface area contributed by atoms with Crippen molar-refractivity contribution in [2.75, 3.05) is 36.0 Å². The summed E-state index contributed by atoms with van der Waals surface area (Å²) in [6.07, 6.45) is 3.85. The molecule has 2 heterocycles. The van der Waals surface area contributed by atoms with Crippen molar-refractivity contribution in [3.8, 4) is 0 Å². The van der Waals surface area contributed by atoms with Gasteiger partial charge in [-0.3, -0.25) is 15.0 Å². The van der Waals surface area contributed by atoms with Gasteiger partial charge >= 0.3 is 6.03 Å². The summed E-state index contributed by atoms with van der Waals surface area (Å²) in [6, 6.07) is 7.69. The van der Waals surface area contributed by atoms with Crippen LogP contribution < -0.4 is 20.9 Å². The largest absolute Gasteiger partial charge is 0.372 e. The number of imide groups is 1. The van der Waals surface area contributed by atoms with Gasteiger partial charge in [-0.1, -0.05) is 0 Å². The molecule has 0 aromatic heterocycles. The first kappa shape index (κ1) is 15.8. The molecule has 0 unspecified atom stereocenters. The molecule has 0 radical (unpaired) electrons. The smallest absolute Gasteiger partial charge is 0.328 e. The molecule has 2 fully saturated rings. The van der Waals surface area contributed by atoms with Gasteiger partial charge in [-0.2, -0.15) is 0 Å². The van der Waals surface area contributed by atoms with Crippen molar-refractivity contribution >= 4 is 23.3 Å².